The molecule has 17 heavy (non-hydrogen) atoms. The van der Waals surface area contributed by atoms with Gasteiger partial charge in [-0.2, -0.15) is 0 Å². The summed E-state index contributed by atoms with van der Waals surface area (Å²) in [5.74, 6) is 1.37. The fraction of sp³-hybridized carbons (Fsp3) is 0.500. The van der Waals surface area contributed by atoms with Crippen molar-refractivity contribution in [3.8, 4) is 5.75 Å². The molecule has 1 rings (SSSR count). The molecule has 1 aromatic carbocycles. The molecule has 1 unspecified atom stereocenters. The zero-order valence-electron chi connectivity index (χ0n) is 11.7. The van der Waals surface area contributed by atoms with E-state index in [2.05, 4.69) is 59.4 Å². The van der Waals surface area contributed by atoms with Crippen molar-refractivity contribution in [2.45, 2.75) is 52.6 Å². The minimum absolute atomic E-state index is 0.153. The van der Waals surface area contributed by atoms with Crippen LogP contribution in [0, 0.1) is 0 Å². The third kappa shape index (κ3) is 3.62. The van der Waals surface area contributed by atoms with Gasteiger partial charge in [-0.15, -0.1) is 6.58 Å². The second kappa shape index (κ2) is 5.39. The first kappa shape index (κ1) is 13.8. The molecular weight excluding hydrogens is 208 g/mol. The molecule has 1 aromatic rings. The summed E-state index contributed by atoms with van der Waals surface area (Å²) in [4.78, 5) is 0. The molecule has 1 heteroatoms. The summed E-state index contributed by atoms with van der Waals surface area (Å²) in [7, 11) is 0. The van der Waals surface area contributed by atoms with E-state index >= 15 is 0 Å². The first-order chi connectivity index (χ1) is 7.89. The number of rotatable bonds is 4. The fourth-order valence-corrected chi connectivity index (χ4v) is 1.94. The zero-order valence-corrected chi connectivity index (χ0v) is 11.7. The van der Waals surface area contributed by atoms with E-state index in [4.69, 9.17) is 4.74 Å². The largest absolute Gasteiger partial charge is 0.488 e. The van der Waals surface area contributed by atoms with Crippen molar-refractivity contribution in [1.82, 2.24) is 0 Å². The smallest absolute Gasteiger partial charge is 0.123 e. The predicted molar refractivity (Wildman–Crippen MR) is 74.8 cm³/mol. The molecule has 0 saturated heterocycles. The maximum absolute atomic E-state index is 6.02. The average molecular weight is 232 g/mol. The van der Waals surface area contributed by atoms with Crippen LogP contribution in [0.4, 0.5) is 0 Å². The van der Waals surface area contributed by atoms with Gasteiger partial charge in [-0.25, -0.2) is 0 Å². The van der Waals surface area contributed by atoms with Gasteiger partial charge in [0, 0.05) is 0 Å². The second-order valence-corrected chi connectivity index (χ2v) is 5.42. The Bertz CT molecular complexity index is 385. The van der Waals surface area contributed by atoms with Crippen LogP contribution in [0.2, 0.25) is 0 Å². The molecule has 0 saturated carbocycles. The Hall–Kier alpha value is -1.24. The van der Waals surface area contributed by atoms with Gasteiger partial charge < -0.3 is 4.74 Å². The third-order valence-corrected chi connectivity index (χ3v) is 2.78. The molecule has 0 heterocycles. The van der Waals surface area contributed by atoms with Crippen molar-refractivity contribution < 1.29 is 4.74 Å². The standard InChI is InChI=1S/C16H24O/c1-7-12(3)14-10-9-11-15(13(14)8-2)17-16(4,5)6/h7,9-12H,1,8H2,2-6H3. The molecule has 0 bridgehead atoms. The maximum Gasteiger partial charge on any atom is 0.123 e. The van der Waals surface area contributed by atoms with Crippen LogP contribution in [0.1, 0.15) is 51.7 Å². The van der Waals surface area contributed by atoms with Gasteiger partial charge in [0.1, 0.15) is 11.4 Å². The number of hydrogen-bond acceptors (Lipinski definition) is 1. The van der Waals surface area contributed by atoms with Gasteiger partial charge in [0.05, 0.1) is 0 Å². The topological polar surface area (TPSA) is 9.23 Å². The minimum Gasteiger partial charge on any atom is -0.488 e. The molecule has 0 N–H and O–H groups in total. The fourth-order valence-electron chi connectivity index (χ4n) is 1.94. The molecule has 1 nitrogen and oxygen atoms in total. The van der Waals surface area contributed by atoms with E-state index in [0.29, 0.717) is 5.92 Å². The minimum atomic E-state index is -0.153. The molecule has 0 spiro atoms. The zero-order chi connectivity index (χ0) is 13.1. The van der Waals surface area contributed by atoms with Crippen LogP contribution in [0.15, 0.2) is 30.9 Å². The van der Waals surface area contributed by atoms with Crippen LogP contribution in [-0.4, -0.2) is 5.60 Å². The predicted octanol–water partition coefficient (Wildman–Crippen LogP) is 4.72. The highest BCUT2D eigenvalue weighted by Crippen LogP contribution is 2.31. The van der Waals surface area contributed by atoms with E-state index in [0.717, 1.165) is 12.2 Å². The van der Waals surface area contributed by atoms with Gasteiger partial charge in [0.25, 0.3) is 0 Å². The van der Waals surface area contributed by atoms with Crippen molar-refractivity contribution in [2.75, 3.05) is 0 Å². The molecule has 0 aliphatic rings. The quantitative estimate of drug-likeness (QED) is 0.683. The monoisotopic (exact) mass is 232 g/mol. The Morgan fingerprint density at radius 1 is 1.35 bits per heavy atom. The number of allylic oxidation sites excluding steroid dienone is 1. The van der Waals surface area contributed by atoms with E-state index in [1.165, 1.54) is 11.1 Å². The lowest BCUT2D eigenvalue weighted by Crippen LogP contribution is -2.24. The van der Waals surface area contributed by atoms with Crippen molar-refractivity contribution in [3.05, 3.63) is 42.0 Å². The van der Waals surface area contributed by atoms with Crippen LogP contribution in [0.25, 0.3) is 0 Å². The lowest BCUT2D eigenvalue weighted by molar-refractivity contribution is 0.129. The Morgan fingerprint density at radius 3 is 2.47 bits per heavy atom. The molecule has 0 aliphatic carbocycles. The van der Waals surface area contributed by atoms with Gasteiger partial charge in [-0.1, -0.05) is 32.1 Å². The Balaban J connectivity index is 3.18. The Kier molecular flexibility index (Phi) is 4.39. The Morgan fingerprint density at radius 2 is 2.00 bits per heavy atom. The van der Waals surface area contributed by atoms with Gasteiger partial charge in [-0.05, 0) is 50.3 Å². The molecule has 1 atom stereocenters. The molecule has 0 amide bonds. The summed E-state index contributed by atoms with van der Waals surface area (Å²) in [6, 6.07) is 6.29. The summed E-state index contributed by atoms with van der Waals surface area (Å²) in [6.07, 6.45) is 2.97. The highest BCUT2D eigenvalue weighted by atomic mass is 16.5. The highest BCUT2D eigenvalue weighted by molar-refractivity contribution is 5.43. The lowest BCUT2D eigenvalue weighted by atomic mass is 9.93. The van der Waals surface area contributed by atoms with Crippen LogP contribution < -0.4 is 4.74 Å². The van der Waals surface area contributed by atoms with Crippen LogP contribution in [-0.2, 0) is 6.42 Å². The van der Waals surface area contributed by atoms with Crippen molar-refractivity contribution >= 4 is 0 Å². The van der Waals surface area contributed by atoms with E-state index in [-0.39, 0.29) is 5.60 Å². The summed E-state index contributed by atoms with van der Waals surface area (Å²) >= 11 is 0. The Labute approximate surface area is 106 Å². The van der Waals surface area contributed by atoms with E-state index in [1.807, 2.05) is 6.08 Å². The van der Waals surface area contributed by atoms with Crippen LogP contribution in [0.5, 0.6) is 5.75 Å². The van der Waals surface area contributed by atoms with Crippen molar-refractivity contribution in [1.29, 1.82) is 0 Å². The van der Waals surface area contributed by atoms with Gasteiger partial charge in [-0.3, -0.25) is 0 Å². The number of ether oxygens (including phenoxy) is 1. The normalized spacial score (nSPS) is 13.2. The molecule has 0 aromatic heterocycles. The molecule has 94 valence electrons. The summed E-state index contributed by atoms with van der Waals surface area (Å²) in [5.41, 5.74) is 2.47. The molecule has 0 fully saturated rings. The average Bonchev–Trinajstić information content (AvgIpc) is 2.25. The van der Waals surface area contributed by atoms with E-state index in [1.54, 1.807) is 0 Å². The van der Waals surface area contributed by atoms with Crippen LogP contribution >= 0.6 is 0 Å². The van der Waals surface area contributed by atoms with E-state index < -0.39 is 0 Å². The van der Waals surface area contributed by atoms with Gasteiger partial charge >= 0.3 is 0 Å². The maximum atomic E-state index is 6.02. The first-order valence-electron chi connectivity index (χ1n) is 6.32. The summed E-state index contributed by atoms with van der Waals surface area (Å²) in [6.45, 7) is 14.5. The lowest BCUT2D eigenvalue weighted by Gasteiger charge is -2.25. The third-order valence-electron chi connectivity index (χ3n) is 2.78. The highest BCUT2D eigenvalue weighted by Gasteiger charge is 2.17. The first-order valence-corrected chi connectivity index (χ1v) is 6.32. The number of benzene rings is 1. The van der Waals surface area contributed by atoms with E-state index in [9.17, 15) is 0 Å². The number of hydrogen-bond donors (Lipinski definition) is 0. The van der Waals surface area contributed by atoms with Crippen LogP contribution in [0.3, 0.4) is 0 Å². The molecular formula is C16H24O. The molecule has 0 aliphatic heterocycles. The van der Waals surface area contributed by atoms with Gasteiger partial charge in [0.2, 0.25) is 0 Å². The molecule has 0 radical (unpaired) electrons. The summed E-state index contributed by atoms with van der Waals surface area (Å²) in [5, 5.41) is 0. The second-order valence-electron chi connectivity index (χ2n) is 5.42. The van der Waals surface area contributed by atoms with Crippen molar-refractivity contribution in [2.24, 2.45) is 0 Å². The van der Waals surface area contributed by atoms with Crippen molar-refractivity contribution in [3.63, 3.8) is 0 Å². The SMILES string of the molecule is C=CC(C)c1cccc(OC(C)(C)C)c1CC. The summed E-state index contributed by atoms with van der Waals surface area (Å²) < 4.78 is 6.02. The van der Waals surface area contributed by atoms with Gasteiger partial charge in [0.15, 0.2) is 0 Å².